The minimum Gasteiger partial charge on any atom is -0.390 e. The molecule has 1 aliphatic rings. The Bertz CT molecular complexity index is 556. The summed E-state index contributed by atoms with van der Waals surface area (Å²) in [6.07, 6.45) is 1.86. The molecule has 1 aliphatic carbocycles. The monoisotopic (exact) mass is 260 g/mol. The van der Waals surface area contributed by atoms with E-state index in [9.17, 15) is 5.11 Å². The number of aliphatic hydroxyl groups is 1. The number of fused-ring (bicyclic) bond motifs is 1. The third-order valence-corrected chi connectivity index (χ3v) is 3.46. The number of nitrogens with zero attached hydrogens (tertiary/aromatic N) is 1. The zero-order valence-corrected chi connectivity index (χ0v) is 10.4. The SMILES string of the molecule is O[C@@H]1Cc2ccccc2[C@@H]1Nc1ccc(Cl)cn1. The van der Waals surface area contributed by atoms with Crippen molar-refractivity contribution in [2.75, 3.05) is 5.32 Å². The molecule has 0 saturated heterocycles. The Labute approximate surface area is 110 Å². The van der Waals surface area contributed by atoms with Crippen molar-refractivity contribution in [1.82, 2.24) is 4.98 Å². The predicted molar refractivity (Wildman–Crippen MR) is 71.8 cm³/mol. The summed E-state index contributed by atoms with van der Waals surface area (Å²) >= 11 is 5.80. The molecule has 92 valence electrons. The first-order valence-corrected chi connectivity index (χ1v) is 6.26. The van der Waals surface area contributed by atoms with Crippen molar-refractivity contribution in [2.45, 2.75) is 18.6 Å². The number of pyridine rings is 1. The van der Waals surface area contributed by atoms with Crippen LogP contribution in [-0.4, -0.2) is 16.2 Å². The molecule has 2 N–H and O–H groups in total. The Morgan fingerprint density at radius 2 is 2.06 bits per heavy atom. The highest BCUT2D eigenvalue weighted by Gasteiger charge is 2.30. The molecule has 0 unspecified atom stereocenters. The third kappa shape index (κ3) is 2.07. The third-order valence-electron chi connectivity index (χ3n) is 3.23. The summed E-state index contributed by atoms with van der Waals surface area (Å²) in [6.45, 7) is 0. The van der Waals surface area contributed by atoms with Gasteiger partial charge in [-0.1, -0.05) is 35.9 Å². The summed E-state index contributed by atoms with van der Waals surface area (Å²) in [6, 6.07) is 11.6. The molecule has 0 amide bonds. The van der Waals surface area contributed by atoms with Crippen LogP contribution in [0, 0.1) is 0 Å². The quantitative estimate of drug-likeness (QED) is 0.873. The Balaban J connectivity index is 1.87. The highest BCUT2D eigenvalue weighted by atomic mass is 35.5. The molecular formula is C14H13ClN2O. The summed E-state index contributed by atoms with van der Waals surface area (Å²) in [5, 5.41) is 14.0. The predicted octanol–water partition coefficient (Wildman–Crippen LogP) is 2.81. The fourth-order valence-corrected chi connectivity index (χ4v) is 2.48. The second kappa shape index (κ2) is 4.59. The van der Waals surface area contributed by atoms with Gasteiger partial charge in [-0.3, -0.25) is 0 Å². The molecule has 0 aliphatic heterocycles. The smallest absolute Gasteiger partial charge is 0.126 e. The minimum atomic E-state index is -0.417. The maximum absolute atomic E-state index is 10.1. The summed E-state index contributed by atoms with van der Waals surface area (Å²) in [7, 11) is 0. The number of anilines is 1. The first kappa shape index (κ1) is 11.5. The summed E-state index contributed by atoms with van der Waals surface area (Å²) in [5.74, 6) is 0.722. The van der Waals surface area contributed by atoms with Crippen LogP contribution in [0.4, 0.5) is 5.82 Å². The van der Waals surface area contributed by atoms with Crippen molar-refractivity contribution >= 4 is 17.4 Å². The van der Waals surface area contributed by atoms with Gasteiger partial charge in [0.1, 0.15) is 5.82 Å². The van der Waals surface area contributed by atoms with Crippen LogP contribution >= 0.6 is 11.6 Å². The van der Waals surface area contributed by atoms with Gasteiger partial charge < -0.3 is 10.4 Å². The molecule has 0 spiro atoms. The van der Waals surface area contributed by atoms with Crippen molar-refractivity contribution in [3.05, 3.63) is 58.7 Å². The molecule has 2 atom stereocenters. The lowest BCUT2D eigenvalue weighted by atomic mass is 10.1. The van der Waals surface area contributed by atoms with Crippen molar-refractivity contribution in [1.29, 1.82) is 0 Å². The largest absolute Gasteiger partial charge is 0.390 e. The first-order chi connectivity index (χ1) is 8.74. The molecule has 0 fully saturated rings. The van der Waals surface area contributed by atoms with Gasteiger partial charge in [-0.05, 0) is 23.3 Å². The molecule has 0 bridgehead atoms. The summed E-state index contributed by atoms with van der Waals surface area (Å²) in [4.78, 5) is 4.19. The van der Waals surface area contributed by atoms with E-state index < -0.39 is 6.10 Å². The molecule has 0 saturated carbocycles. The van der Waals surface area contributed by atoms with Crippen molar-refractivity contribution < 1.29 is 5.11 Å². The van der Waals surface area contributed by atoms with Gasteiger partial charge in [-0.25, -0.2) is 4.98 Å². The van der Waals surface area contributed by atoms with Crippen LogP contribution in [0.1, 0.15) is 17.2 Å². The number of aliphatic hydroxyl groups excluding tert-OH is 1. The number of hydrogen-bond donors (Lipinski definition) is 2. The first-order valence-electron chi connectivity index (χ1n) is 5.88. The van der Waals surface area contributed by atoms with E-state index in [2.05, 4.69) is 16.4 Å². The lowest BCUT2D eigenvalue weighted by molar-refractivity contribution is 0.165. The molecule has 0 radical (unpaired) electrons. The van der Waals surface area contributed by atoms with Gasteiger partial charge in [0.15, 0.2) is 0 Å². The van der Waals surface area contributed by atoms with E-state index in [-0.39, 0.29) is 6.04 Å². The highest BCUT2D eigenvalue weighted by molar-refractivity contribution is 6.30. The molecule has 1 heterocycles. The van der Waals surface area contributed by atoms with Crippen molar-refractivity contribution in [3.63, 3.8) is 0 Å². The fourth-order valence-electron chi connectivity index (χ4n) is 2.37. The average Bonchev–Trinajstić information content (AvgIpc) is 2.69. The van der Waals surface area contributed by atoms with Gasteiger partial charge in [0.05, 0.1) is 17.2 Å². The van der Waals surface area contributed by atoms with Gasteiger partial charge in [-0.2, -0.15) is 0 Å². The summed E-state index contributed by atoms with van der Waals surface area (Å²) < 4.78 is 0. The van der Waals surface area contributed by atoms with E-state index >= 15 is 0 Å². The van der Waals surface area contributed by atoms with Gasteiger partial charge in [0.2, 0.25) is 0 Å². The molecule has 1 aromatic carbocycles. The number of nitrogens with one attached hydrogen (secondary N) is 1. The van der Waals surface area contributed by atoms with E-state index in [4.69, 9.17) is 11.6 Å². The molecule has 2 aromatic rings. The summed E-state index contributed by atoms with van der Waals surface area (Å²) in [5.41, 5.74) is 2.33. The molecule has 3 nitrogen and oxygen atoms in total. The zero-order valence-electron chi connectivity index (χ0n) is 9.68. The Kier molecular flexibility index (Phi) is 2.94. The average molecular weight is 261 g/mol. The normalized spacial score (nSPS) is 21.7. The van der Waals surface area contributed by atoms with Gasteiger partial charge >= 0.3 is 0 Å². The lowest BCUT2D eigenvalue weighted by Crippen LogP contribution is -2.21. The van der Waals surface area contributed by atoms with Gasteiger partial charge in [-0.15, -0.1) is 0 Å². The molecule has 4 heteroatoms. The minimum absolute atomic E-state index is 0.102. The second-order valence-electron chi connectivity index (χ2n) is 4.45. The lowest BCUT2D eigenvalue weighted by Gasteiger charge is -2.18. The fraction of sp³-hybridized carbons (Fsp3) is 0.214. The van der Waals surface area contributed by atoms with E-state index in [0.717, 1.165) is 11.4 Å². The van der Waals surface area contributed by atoms with E-state index in [1.807, 2.05) is 24.3 Å². The molecule has 1 aromatic heterocycles. The van der Waals surface area contributed by atoms with E-state index in [1.54, 1.807) is 12.3 Å². The zero-order chi connectivity index (χ0) is 12.5. The number of halogens is 1. The maximum Gasteiger partial charge on any atom is 0.126 e. The Morgan fingerprint density at radius 3 is 2.83 bits per heavy atom. The Morgan fingerprint density at radius 1 is 1.22 bits per heavy atom. The van der Waals surface area contributed by atoms with Crippen LogP contribution in [0.25, 0.3) is 0 Å². The molecule has 3 rings (SSSR count). The van der Waals surface area contributed by atoms with Crippen LogP contribution in [0.5, 0.6) is 0 Å². The second-order valence-corrected chi connectivity index (χ2v) is 4.89. The molecule has 18 heavy (non-hydrogen) atoms. The number of hydrogen-bond acceptors (Lipinski definition) is 3. The van der Waals surface area contributed by atoms with Crippen molar-refractivity contribution in [2.24, 2.45) is 0 Å². The number of benzene rings is 1. The van der Waals surface area contributed by atoms with Crippen molar-refractivity contribution in [3.8, 4) is 0 Å². The van der Waals surface area contributed by atoms with E-state index in [1.165, 1.54) is 5.56 Å². The van der Waals surface area contributed by atoms with Gasteiger partial charge in [0, 0.05) is 12.6 Å². The topological polar surface area (TPSA) is 45.1 Å². The van der Waals surface area contributed by atoms with Crippen LogP contribution < -0.4 is 5.32 Å². The standard InChI is InChI=1S/C14H13ClN2O/c15-10-5-6-13(16-8-10)17-14-11-4-2-1-3-9(11)7-12(14)18/h1-6,8,12,14,18H,7H2,(H,16,17)/t12-,14+/m1/s1. The molecular weight excluding hydrogens is 248 g/mol. The van der Waals surface area contributed by atoms with Crippen LogP contribution in [0.15, 0.2) is 42.6 Å². The van der Waals surface area contributed by atoms with Crippen LogP contribution in [-0.2, 0) is 6.42 Å². The maximum atomic E-state index is 10.1. The number of aromatic nitrogens is 1. The van der Waals surface area contributed by atoms with Gasteiger partial charge in [0.25, 0.3) is 0 Å². The van der Waals surface area contributed by atoms with E-state index in [0.29, 0.717) is 11.4 Å². The highest BCUT2D eigenvalue weighted by Crippen LogP contribution is 2.33. The van der Waals surface area contributed by atoms with Crippen LogP contribution in [0.3, 0.4) is 0 Å². The number of rotatable bonds is 2. The van der Waals surface area contributed by atoms with Crippen LogP contribution in [0.2, 0.25) is 5.02 Å². The Hall–Kier alpha value is -1.58.